The molecule has 0 radical (unpaired) electrons. The molecule has 3 aromatic rings. The van der Waals surface area contributed by atoms with E-state index in [0.717, 1.165) is 34.7 Å². The van der Waals surface area contributed by atoms with E-state index in [9.17, 15) is 9.18 Å². The number of hydrogen-bond acceptors (Lipinski definition) is 3. The monoisotopic (exact) mass is 351 g/mol. The molecule has 2 aromatic carbocycles. The lowest BCUT2D eigenvalue weighted by Gasteiger charge is -2.17. The van der Waals surface area contributed by atoms with E-state index in [1.54, 1.807) is 16.9 Å². The first-order valence-corrected chi connectivity index (χ1v) is 8.52. The first kappa shape index (κ1) is 16.3. The summed E-state index contributed by atoms with van der Waals surface area (Å²) in [5.41, 5.74) is 3.57. The number of carbonyl (C=O) groups excluding carboxylic acids is 1. The minimum absolute atomic E-state index is 0.0507. The molecule has 0 fully saturated rings. The number of aromatic nitrogens is 2. The first-order chi connectivity index (χ1) is 12.7. The van der Waals surface area contributed by atoms with Gasteiger partial charge in [0.2, 0.25) is 5.91 Å². The zero-order valence-corrected chi connectivity index (χ0v) is 14.1. The molecule has 0 aliphatic carbocycles. The average Bonchev–Trinajstić information content (AvgIpc) is 3.10. The Balaban J connectivity index is 1.42. The van der Waals surface area contributed by atoms with Crippen LogP contribution in [0.25, 0.3) is 11.3 Å². The van der Waals surface area contributed by atoms with Crippen molar-refractivity contribution >= 4 is 11.6 Å². The molecule has 1 aliphatic heterocycles. The van der Waals surface area contributed by atoms with E-state index < -0.39 is 0 Å². The molecule has 1 amide bonds. The summed E-state index contributed by atoms with van der Waals surface area (Å²) in [6.45, 7) is 0.988. The van der Waals surface area contributed by atoms with Crippen LogP contribution in [0.15, 0.2) is 54.7 Å². The van der Waals surface area contributed by atoms with Gasteiger partial charge in [0.15, 0.2) is 0 Å². The summed E-state index contributed by atoms with van der Waals surface area (Å²) in [4.78, 5) is 11.4. The normalized spacial score (nSPS) is 13.2. The van der Waals surface area contributed by atoms with Crippen molar-refractivity contribution in [1.29, 1.82) is 0 Å². The maximum Gasteiger partial charge on any atom is 0.224 e. The van der Waals surface area contributed by atoms with Gasteiger partial charge in [-0.1, -0.05) is 12.1 Å². The predicted molar refractivity (Wildman–Crippen MR) is 96.5 cm³/mol. The topological polar surface area (TPSA) is 56.2 Å². The highest BCUT2D eigenvalue weighted by atomic mass is 19.1. The van der Waals surface area contributed by atoms with E-state index in [1.807, 2.05) is 30.3 Å². The standard InChI is InChI=1S/C20H18FN3O2/c21-16-3-1-2-15(12-16)19-8-9-22-24(19)10-11-26-17-5-6-18-14(13-17)4-7-20(25)23-18/h1-3,5-6,8-9,12-13H,4,7,10-11H2,(H,23,25). The Morgan fingerprint density at radius 1 is 1.15 bits per heavy atom. The second kappa shape index (κ2) is 7.00. The maximum absolute atomic E-state index is 13.4. The van der Waals surface area contributed by atoms with Crippen LogP contribution < -0.4 is 10.1 Å². The van der Waals surface area contributed by atoms with Crippen molar-refractivity contribution in [2.45, 2.75) is 19.4 Å². The van der Waals surface area contributed by atoms with Gasteiger partial charge in [-0.3, -0.25) is 9.48 Å². The number of rotatable bonds is 5. The lowest BCUT2D eigenvalue weighted by molar-refractivity contribution is -0.116. The van der Waals surface area contributed by atoms with Gasteiger partial charge in [0.25, 0.3) is 0 Å². The minimum Gasteiger partial charge on any atom is -0.492 e. The van der Waals surface area contributed by atoms with Crippen LogP contribution in [0.2, 0.25) is 0 Å². The molecule has 5 nitrogen and oxygen atoms in total. The predicted octanol–water partition coefficient (Wildman–Crippen LogP) is 3.65. The molecule has 6 heteroatoms. The summed E-state index contributed by atoms with van der Waals surface area (Å²) in [6, 6.07) is 14.0. The molecule has 0 saturated carbocycles. The smallest absolute Gasteiger partial charge is 0.224 e. The van der Waals surface area contributed by atoms with Crippen molar-refractivity contribution < 1.29 is 13.9 Å². The van der Waals surface area contributed by atoms with Gasteiger partial charge >= 0.3 is 0 Å². The molecule has 1 N–H and O–H groups in total. The van der Waals surface area contributed by atoms with E-state index in [-0.39, 0.29) is 11.7 Å². The van der Waals surface area contributed by atoms with E-state index in [4.69, 9.17) is 4.74 Å². The van der Waals surface area contributed by atoms with Crippen LogP contribution in [-0.4, -0.2) is 22.3 Å². The molecular weight excluding hydrogens is 333 g/mol. The number of ether oxygens (including phenoxy) is 1. The number of aryl methyl sites for hydroxylation is 1. The Morgan fingerprint density at radius 2 is 2.08 bits per heavy atom. The molecule has 2 heterocycles. The molecule has 1 aliphatic rings. The van der Waals surface area contributed by atoms with Crippen LogP contribution in [0, 0.1) is 5.82 Å². The molecule has 132 valence electrons. The molecule has 26 heavy (non-hydrogen) atoms. The van der Waals surface area contributed by atoms with Gasteiger partial charge in [0.1, 0.15) is 18.2 Å². The van der Waals surface area contributed by atoms with Gasteiger partial charge in [-0.15, -0.1) is 0 Å². The quantitative estimate of drug-likeness (QED) is 0.763. The Kier molecular flexibility index (Phi) is 4.39. The van der Waals surface area contributed by atoms with Gasteiger partial charge in [0.05, 0.1) is 12.2 Å². The number of amides is 1. The summed E-state index contributed by atoms with van der Waals surface area (Å²) in [7, 11) is 0. The van der Waals surface area contributed by atoms with Crippen molar-refractivity contribution in [3.63, 3.8) is 0 Å². The number of anilines is 1. The number of halogens is 1. The van der Waals surface area contributed by atoms with Crippen LogP contribution in [0.3, 0.4) is 0 Å². The zero-order chi connectivity index (χ0) is 17.9. The Morgan fingerprint density at radius 3 is 2.96 bits per heavy atom. The highest BCUT2D eigenvalue weighted by Crippen LogP contribution is 2.27. The number of hydrogen-bond donors (Lipinski definition) is 1. The second-order valence-electron chi connectivity index (χ2n) is 6.17. The lowest BCUT2D eigenvalue weighted by atomic mass is 10.0. The third-order valence-electron chi connectivity index (χ3n) is 4.38. The summed E-state index contributed by atoms with van der Waals surface area (Å²) in [6.07, 6.45) is 2.92. The van der Waals surface area contributed by atoms with Crippen molar-refractivity contribution in [1.82, 2.24) is 9.78 Å². The summed E-state index contributed by atoms with van der Waals surface area (Å²) in [5, 5.41) is 7.16. The van der Waals surface area contributed by atoms with Crippen molar-refractivity contribution in [3.05, 3.63) is 66.1 Å². The second-order valence-corrected chi connectivity index (χ2v) is 6.17. The molecule has 0 saturated heterocycles. The fourth-order valence-electron chi connectivity index (χ4n) is 3.10. The van der Waals surface area contributed by atoms with Gasteiger partial charge < -0.3 is 10.1 Å². The highest BCUT2D eigenvalue weighted by Gasteiger charge is 2.15. The molecule has 0 unspecified atom stereocenters. The van der Waals surface area contributed by atoms with Gasteiger partial charge in [-0.25, -0.2) is 4.39 Å². The Hall–Kier alpha value is -3.15. The maximum atomic E-state index is 13.4. The van der Waals surface area contributed by atoms with E-state index in [0.29, 0.717) is 19.6 Å². The first-order valence-electron chi connectivity index (χ1n) is 8.52. The third kappa shape index (κ3) is 3.44. The van der Waals surface area contributed by atoms with Gasteiger partial charge in [-0.05, 0) is 48.4 Å². The van der Waals surface area contributed by atoms with E-state index in [1.165, 1.54) is 12.1 Å². The largest absolute Gasteiger partial charge is 0.492 e. The van der Waals surface area contributed by atoms with Crippen molar-refractivity contribution in [3.8, 4) is 17.0 Å². The number of nitrogens with one attached hydrogen (secondary N) is 1. The molecular formula is C20H18FN3O2. The molecule has 0 atom stereocenters. The van der Waals surface area contributed by atoms with Crippen molar-refractivity contribution in [2.24, 2.45) is 0 Å². The van der Waals surface area contributed by atoms with Gasteiger partial charge in [-0.2, -0.15) is 5.10 Å². The van der Waals surface area contributed by atoms with Crippen LogP contribution in [-0.2, 0) is 17.8 Å². The summed E-state index contributed by atoms with van der Waals surface area (Å²) in [5.74, 6) is 0.543. The molecule has 0 spiro atoms. The molecule has 0 bridgehead atoms. The van der Waals surface area contributed by atoms with Crippen LogP contribution in [0.4, 0.5) is 10.1 Å². The van der Waals surface area contributed by atoms with Crippen molar-refractivity contribution in [2.75, 3.05) is 11.9 Å². The van der Waals surface area contributed by atoms with Gasteiger partial charge in [0, 0.05) is 23.9 Å². The van der Waals surface area contributed by atoms with E-state index in [2.05, 4.69) is 10.4 Å². The average molecular weight is 351 g/mol. The highest BCUT2D eigenvalue weighted by molar-refractivity contribution is 5.94. The zero-order valence-electron chi connectivity index (χ0n) is 14.1. The number of nitrogens with zero attached hydrogens (tertiary/aromatic N) is 2. The fourth-order valence-corrected chi connectivity index (χ4v) is 3.10. The number of fused-ring (bicyclic) bond motifs is 1. The lowest BCUT2D eigenvalue weighted by Crippen LogP contribution is -2.19. The third-order valence-corrected chi connectivity index (χ3v) is 4.38. The van der Waals surface area contributed by atoms with E-state index >= 15 is 0 Å². The summed E-state index contributed by atoms with van der Waals surface area (Å²) < 4.78 is 21.1. The molecule has 1 aromatic heterocycles. The Labute approximate surface area is 150 Å². The van der Waals surface area contributed by atoms with Crippen LogP contribution in [0.5, 0.6) is 5.75 Å². The number of carbonyl (C=O) groups is 1. The fraction of sp³-hybridized carbons (Fsp3) is 0.200. The SMILES string of the molecule is O=C1CCc2cc(OCCn3nccc3-c3cccc(F)c3)ccc2N1. The molecule has 4 rings (SSSR count). The Bertz CT molecular complexity index is 952. The minimum atomic E-state index is -0.271. The number of benzene rings is 2. The van der Waals surface area contributed by atoms with Crippen LogP contribution >= 0.6 is 0 Å². The summed E-state index contributed by atoms with van der Waals surface area (Å²) >= 11 is 0. The van der Waals surface area contributed by atoms with Crippen LogP contribution in [0.1, 0.15) is 12.0 Å².